The zero-order chi connectivity index (χ0) is 21.8. The molecule has 0 spiro atoms. The van der Waals surface area contributed by atoms with Crippen LogP contribution < -0.4 is 5.32 Å². The fourth-order valence-corrected chi connectivity index (χ4v) is 6.08. The Balaban J connectivity index is 1.40. The second-order valence-corrected chi connectivity index (χ2v) is 10.7. The molecule has 2 heterocycles. The zero-order valence-corrected chi connectivity index (χ0v) is 19.0. The number of aromatic nitrogens is 2. The third kappa shape index (κ3) is 5.48. The molecule has 1 N–H and O–H groups in total. The van der Waals surface area contributed by atoms with Gasteiger partial charge in [0.25, 0.3) is 0 Å². The number of sulfonamides is 1. The Morgan fingerprint density at radius 2 is 1.97 bits per heavy atom. The normalized spacial score (nSPS) is 17.4. The van der Waals surface area contributed by atoms with Gasteiger partial charge < -0.3 is 5.32 Å². The lowest BCUT2D eigenvalue weighted by Gasteiger charge is -2.31. The SMILES string of the molecule is O=C(Nc1nnc(-c2ccccc2)s1)[C@@H]1CCCN(S(=O)(=O)Cc2cccc(Cl)c2)C1. The summed E-state index contributed by atoms with van der Waals surface area (Å²) in [4.78, 5) is 12.8. The maximum absolute atomic E-state index is 12.9. The van der Waals surface area contributed by atoms with Crippen molar-refractivity contribution < 1.29 is 13.2 Å². The third-order valence-corrected chi connectivity index (χ3v) is 8.00. The number of benzene rings is 2. The van der Waals surface area contributed by atoms with Crippen molar-refractivity contribution in [3.05, 3.63) is 65.2 Å². The van der Waals surface area contributed by atoms with E-state index in [1.54, 1.807) is 24.3 Å². The van der Waals surface area contributed by atoms with Gasteiger partial charge >= 0.3 is 0 Å². The van der Waals surface area contributed by atoms with Gasteiger partial charge in [-0.05, 0) is 30.5 Å². The van der Waals surface area contributed by atoms with Gasteiger partial charge in [-0.1, -0.05) is 65.4 Å². The van der Waals surface area contributed by atoms with Crippen molar-refractivity contribution in [1.82, 2.24) is 14.5 Å². The van der Waals surface area contributed by atoms with E-state index in [1.165, 1.54) is 15.6 Å². The summed E-state index contributed by atoms with van der Waals surface area (Å²) in [5, 5.41) is 12.6. The van der Waals surface area contributed by atoms with Crippen LogP contribution >= 0.6 is 22.9 Å². The number of hydrogen-bond acceptors (Lipinski definition) is 6. The molecular formula is C21H21ClN4O3S2. The Kier molecular flexibility index (Phi) is 6.66. The van der Waals surface area contributed by atoms with Crippen LogP contribution in [0.5, 0.6) is 0 Å². The Labute approximate surface area is 190 Å². The highest BCUT2D eigenvalue weighted by Gasteiger charge is 2.32. The molecule has 31 heavy (non-hydrogen) atoms. The highest BCUT2D eigenvalue weighted by molar-refractivity contribution is 7.88. The number of piperidine rings is 1. The van der Waals surface area contributed by atoms with Gasteiger partial charge in [0, 0.05) is 23.7 Å². The average molecular weight is 477 g/mol. The molecule has 1 aliphatic rings. The van der Waals surface area contributed by atoms with Crippen LogP contribution in [0.1, 0.15) is 18.4 Å². The van der Waals surface area contributed by atoms with Gasteiger partial charge in [0.15, 0.2) is 0 Å². The Hall–Kier alpha value is -2.33. The molecule has 3 aromatic rings. The molecule has 2 aromatic carbocycles. The summed E-state index contributed by atoms with van der Waals surface area (Å²) in [6.45, 7) is 0.558. The molecule has 7 nitrogen and oxygen atoms in total. The number of carbonyl (C=O) groups excluding carboxylic acids is 1. The quantitative estimate of drug-likeness (QED) is 0.579. The third-order valence-electron chi connectivity index (χ3n) is 5.06. The van der Waals surface area contributed by atoms with Crippen molar-refractivity contribution in [3.8, 4) is 10.6 Å². The standard InChI is InChI=1S/C21H21ClN4O3S2/c22-18-10-4-6-15(12-18)14-31(28,29)26-11-5-9-17(13-26)19(27)23-21-25-24-20(30-21)16-7-2-1-3-8-16/h1-4,6-8,10,12,17H,5,9,11,13-14H2,(H,23,25,27)/t17-/m1/s1. The lowest BCUT2D eigenvalue weighted by atomic mass is 9.99. The lowest BCUT2D eigenvalue weighted by Crippen LogP contribution is -2.44. The summed E-state index contributed by atoms with van der Waals surface area (Å²) in [7, 11) is -3.56. The number of halogens is 1. The molecule has 0 radical (unpaired) electrons. The maximum atomic E-state index is 12.9. The molecule has 10 heteroatoms. The van der Waals surface area contributed by atoms with Crippen molar-refractivity contribution in [3.63, 3.8) is 0 Å². The van der Waals surface area contributed by atoms with E-state index in [0.717, 1.165) is 5.56 Å². The summed E-state index contributed by atoms with van der Waals surface area (Å²) < 4.78 is 27.2. The van der Waals surface area contributed by atoms with Crippen LogP contribution in [0.15, 0.2) is 54.6 Å². The number of hydrogen-bond donors (Lipinski definition) is 1. The molecule has 1 atom stereocenters. The molecule has 1 amide bonds. The summed E-state index contributed by atoms with van der Waals surface area (Å²) in [5.41, 5.74) is 1.55. The van der Waals surface area contributed by atoms with E-state index >= 15 is 0 Å². The van der Waals surface area contributed by atoms with Gasteiger partial charge in [0.2, 0.25) is 21.1 Å². The monoisotopic (exact) mass is 476 g/mol. The number of nitrogens with zero attached hydrogens (tertiary/aromatic N) is 3. The summed E-state index contributed by atoms with van der Waals surface area (Å²) >= 11 is 7.26. The maximum Gasteiger partial charge on any atom is 0.230 e. The van der Waals surface area contributed by atoms with Gasteiger partial charge in [-0.15, -0.1) is 10.2 Å². The lowest BCUT2D eigenvalue weighted by molar-refractivity contribution is -0.120. The molecule has 0 bridgehead atoms. The van der Waals surface area contributed by atoms with Crippen LogP contribution in [-0.2, 0) is 20.6 Å². The summed E-state index contributed by atoms with van der Waals surface area (Å²) in [6, 6.07) is 16.4. The molecule has 0 aliphatic carbocycles. The van der Waals surface area contributed by atoms with Gasteiger partial charge in [-0.25, -0.2) is 12.7 Å². The Bertz CT molecular complexity index is 1170. The van der Waals surface area contributed by atoms with Crippen LogP contribution in [0.2, 0.25) is 5.02 Å². The van der Waals surface area contributed by atoms with E-state index in [9.17, 15) is 13.2 Å². The molecule has 1 aliphatic heterocycles. The number of carbonyl (C=O) groups is 1. The highest BCUT2D eigenvalue weighted by Crippen LogP contribution is 2.28. The van der Waals surface area contributed by atoms with Crippen molar-refractivity contribution in [2.45, 2.75) is 18.6 Å². The zero-order valence-electron chi connectivity index (χ0n) is 16.6. The van der Waals surface area contributed by atoms with E-state index in [2.05, 4.69) is 15.5 Å². The van der Waals surface area contributed by atoms with E-state index in [1.807, 2.05) is 30.3 Å². The van der Waals surface area contributed by atoms with E-state index in [0.29, 0.717) is 40.1 Å². The van der Waals surface area contributed by atoms with Crippen LogP contribution in [0.4, 0.5) is 5.13 Å². The second kappa shape index (κ2) is 9.44. The van der Waals surface area contributed by atoms with E-state index < -0.39 is 15.9 Å². The van der Waals surface area contributed by atoms with Crippen molar-refractivity contribution >= 4 is 44.0 Å². The molecule has 0 saturated carbocycles. The minimum atomic E-state index is -3.56. The van der Waals surface area contributed by atoms with Gasteiger partial charge in [0.1, 0.15) is 5.01 Å². The first kappa shape index (κ1) is 21.9. The molecular weight excluding hydrogens is 456 g/mol. The smallest absolute Gasteiger partial charge is 0.230 e. The molecule has 0 unspecified atom stereocenters. The van der Waals surface area contributed by atoms with Gasteiger partial charge in [-0.3, -0.25) is 4.79 Å². The summed E-state index contributed by atoms with van der Waals surface area (Å²) in [5.74, 6) is -0.816. The number of rotatable bonds is 6. The molecule has 1 saturated heterocycles. The van der Waals surface area contributed by atoms with Gasteiger partial charge in [-0.2, -0.15) is 0 Å². The predicted molar refractivity (Wildman–Crippen MR) is 122 cm³/mol. The highest BCUT2D eigenvalue weighted by atomic mass is 35.5. The van der Waals surface area contributed by atoms with Crippen LogP contribution in [0.25, 0.3) is 10.6 Å². The molecule has 4 rings (SSSR count). The fraction of sp³-hybridized carbons (Fsp3) is 0.286. The fourth-order valence-electron chi connectivity index (χ4n) is 3.52. The minimum Gasteiger partial charge on any atom is -0.300 e. The average Bonchev–Trinajstić information content (AvgIpc) is 3.23. The summed E-state index contributed by atoms with van der Waals surface area (Å²) in [6.07, 6.45) is 1.25. The van der Waals surface area contributed by atoms with Crippen LogP contribution in [0.3, 0.4) is 0 Å². The van der Waals surface area contributed by atoms with E-state index in [-0.39, 0.29) is 18.2 Å². The first-order chi connectivity index (χ1) is 14.9. The second-order valence-electron chi connectivity index (χ2n) is 7.35. The molecule has 162 valence electrons. The molecule has 1 fully saturated rings. The minimum absolute atomic E-state index is 0.140. The van der Waals surface area contributed by atoms with Gasteiger partial charge in [0.05, 0.1) is 11.7 Å². The molecule has 1 aromatic heterocycles. The van der Waals surface area contributed by atoms with E-state index in [4.69, 9.17) is 11.6 Å². The Morgan fingerprint density at radius 1 is 1.16 bits per heavy atom. The Morgan fingerprint density at radius 3 is 2.74 bits per heavy atom. The van der Waals surface area contributed by atoms with Crippen molar-refractivity contribution in [2.75, 3.05) is 18.4 Å². The largest absolute Gasteiger partial charge is 0.300 e. The number of nitrogens with one attached hydrogen (secondary N) is 1. The first-order valence-electron chi connectivity index (χ1n) is 9.83. The van der Waals surface area contributed by atoms with Crippen LogP contribution in [-0.4, -0.2) is 41.9 Å². The van der Waals surface area contributed by atoms with Crippen molar-refractivity contribution in [2.24, 2.45) is 5.92 Å². The predicted octanol–water partition coefficient (Wildman–Crippen LogP) is 4.04. The topological polar surface area (TPSA) is 92.3 Å². The van der Waals surface area contributed by atoms with Crippen LogP contribution in [0, 0.1) is 5.92 Å². The number of amides is 1. The number of anilines is 1. The first-order valence-corrected chi connectivity index (χ1v) is 12.6. The van der Waals surface area contributed by atoms with Crippen molar-refractivity contribution in [1.29, 1.82) is 0 Å².